The molecule has 1 aromatic rings. The van der Waals surface area contributed by atoms with Crippen LogP contribution in [0.3, 0.4) is 0 Å². The van der Waals surface area contributed by atoms with Crippen LogP contribution in [0.15, 0.2) is 12.3 Å². The highest BCUT2D eigenvalue weighted by Gasteiger charge is 2.38. The Hall–Kier alpha value is -2.24. The van der Waals surface area contributed by atoms with Gasteiger partial charge in [-0.2, -0.15) is 26.3 Å². The summed E-state index contributed by atoms with van der Waals surface area (Å²) in [4.78, 5) is 14.8. The van der Waals surface area contributed by atoms with Crippen LogP contribution in [-0.2, 0) is 11.0 Å². The number of ether oxygens (including phenoxy) is 1. The Morgan fingerprint density at radius 3 is 2.52 bits per heavy atom. The molecule has 0 aromatic carbocycles. The number of rotatable bonds is 0. The molecule has 2 aliphatic heterocycles. The van der Waals surface area contributed by atoms with Crippen LogP contribution in [0, 0.1) is 0 Å². The molecule has 0 radical (unpaired) electrons. The van der Waals surface area contributed by atoms with Crippen molar-refractivity contribution in [1.82, 2.24) is 10.3 Å². The van der Waals surface area contributed by atoms with Gasteiger partial charge in [0.15, 0.2) is 11.6 Å². The summed E-state index contributed by atoms with van der Waals surface area (Å²) in [5.41, 5.74) is -0.769. The van der Waals surface area contributed by atoms with Gasteiger partial charge in [0, 0.05) is 25.8 Å². The van der Waals surface area contributed by atoms with Gasteiger partial charge in [0.05, 0.1) is 11.6 Å². The summed E-state index contributed by atoms with van der Waals surface area (Å²) in [6, 6.07) is 1.18. The molecule has 0 spiro atoms. The zero-order valence-corrected chi connectivity index (χ0v) is 12.5. The number of fused-ring (bicyclic) bond motifs is 3. The average Bonchev–Trinajstić information content (AvgIpc) is 2.53. The Balaban J connectivity index is 0.000000277. The Bertz CT molecular complexity index is 634. The molecule has 1 aromatic heterocycles. The molecule has 1 atom stereocenters. The number of nitrogens with one attached hydrogen (secondary N) is 1. The standard InChI is InChI=1S/C11H12F3N3O.C2HF3O2/c12-11(13,14)7-3-9-10(16-4-7)17-2-1-15-5-8(17)6-18-9;3-2(4,5)1(6)7/h3-4,8,15H,1-2,5-6H2;(H,6,7)/t8-;/m0./s1. The van der Waals surface area contributed by atoms with E-state index in [-0.39, 0.29) is 11.8 Å². The van der Waals surface area contributed by atoms with Gasteiger partial charge in [-0.15, -0.1) is 0 Å². The Kier molecular flexibility index (Phi) is 5.30. The molecule has 140 valence electrons. The number of carboxylic acids is 1. The van der Waals surface area contributed by atoms with E-state index in [1.165, 1.54) is 0 Å². The number of piperazine rings is 1. The van der Waals surface area contributed by atoms with Crippen molar-refractivity contribution in [2.75, 3.05) is 31.1 Å². The minimum absolute atomic E-state index is 0.149. The maximum absolute atomic E-state index is 12.6. The quantitative estimate of drug-likeness (QED) is 0.677. The number of nitrogens with zero attached hydrogens (tertiary/aromatic N) is 2. The van der Waals surface area contributed by atoms with E-state index < -0.39 is 23.9 Å². The number of carboxylic acid groups (broad SMARTS) is 1. The van der Waals surface area contributed by atoms with Gasteiger partial charge >= 0.3 is 18.3 Å². The first-order valence-electron chi connectivity index (χ1n) is 6.97. The van der Waals surface area contributed by atoms with Crippen molar-refractivity contribution in [3.05, 3.63) is 17.8 Å². The Morgan fingerprint density at radius 2 is 1.96 bits per heavy atom. The van der Waals surface area contributed by atoms with E-state index in [1.54, 1.807) is 0 Å². The van der Waals surface area contributed by atoms with Crippen LogP contribution in [0.2, 0.25) is 0 Å². The minimum atomic E-state index is -5.08. The van der Waals surface area contributed by atoms with Crippen LogP contribution >= 0.6 is 0 Å². The second-order valence-electron chi connectivity index (χ2n) is 5.21. The molecule has 1 saturated heterocycles. The number of carbonyl (C=O) groups is 1. The van der Waals surface area contributed by atoms with E-state index in [4.69, 9.17) is 14.6 Å². The number of anilines is 1. The van der Waals surface area contributed by atoms with Crippen LogP contribution in [0.4, 0.5) is 32.2 Å². The molecule has 1 fully saturated rings. The summed E-state index contributed by atoms with van der Waals surface area (Å²) < 4.78 is 74.8. The molecule has 3 rings (SSSR count). The van der Waals surface area contributed by atoms with Crippen LogP contribution in [0.5, 0.6) is 5.75 Å². The molecule has 0 saturated carbocycles. The van der Waals surface area contributed by atoms with E-state index in [9.17, 15) is 26.3 Å². The fourth-order valence-electron chi connectivity index (χ4n) is 2.29. The zero-order chi connectivity index (χ0) is 18.8. The van der Waals surface area contributed by atoms with Gasteiger partial charge in [0.25, 0.3) is 0 Å². The van der Waals surface area contributed by atoms with Crippen molar-refractivity contribution in [2.45, 2.75) is 18.4 Å². The van der Waals surface area contributed by atoms with Crippen LogP contribution in [-0.4, -0.2) is 54.5 Å². The molecule has 2 N–H and O–H groups in total. The number of hydrogen-bond donors (Lipinski definition) is 2. The van der Waals surface area contributed by atoms with E-state index in [2.05, 4.69) is 10.3 Å². The van der Waals surface area contributed by atoms with Crippen molar-refractivity contribution in [3.8, 4) is 5.75 Å². The number of aromatic nitrogens is 1. The predicted molar refractivity (Wildman–Crippen MR) is 72.4 cm³/mol. The van der Waals surface area contributed by atoms with Gasteiger partial charge in [-0.25, -0.2) is 9.78 Å². The third-order valence-electron chi connectivity index (χ3n) is 3.46. The van der Waals surface area contributed by atoms with Gasteiger partial charge in [0.2, 0.25) is 0 Å². The smallest absolute Gasteiger partial charge is 0.487 e. The summed E-state index contributed by atoms with van der Waals surface area (Å²) in [7, 11) is 0. The molecular formula is C13H13F6N3O3. The van der Waals surface area contributed by atoms with Crippen molar-refractivity contribution >= 4 is 11.8 Å². The lowest BCUT2D eigenvalue weighted by Crippen LogP contribution is -2.56. The van der Waals surface area contributed by atoms with Crippen molar-refractivity contribution in [3.63, 3.8) is 0 Å². The number of pyridine rings is 1. The largest absolute Gasteiger partial charge is 0.490 e. The first-order valence-corrected chi connectivity index (χ1v) is 6.97. The summed E-state index contributed by atoms with van der Waals surface area (Å²) in [5, 5.41) is 10.3. The van der Waals surface area contributed by atoms with Crippen molar-refractivity contribution < 1.29 is 41.0 Å². The monoisotopic (exact) mass is 373 g/mol. The minimum Gasteiger partial charge on any atom is -0.487 e. The highest BCUT2D eigenvalue weighted by Crippen LogP contribution is 2.37. The maximum Gasteiger partial charge on any atom is 0.490 e. The van der Waals surface area contributed by atoms with Gasteiger partial charge in [-0.1, -0.05) is 0 Å². The SMILES string of the molecule is FC(F)(F)c1cnc2c(c1)OC[C@@H]1CNCCN21.O=C(O)C(F)(F)F. The van der Waals surface area contributed by atoms with Crippen LogP contribution in [0.1, 0.15) is 5.56 Å². The van der Waals surface area contributed by atoms with Gasteiger partial charge < -0.3 is 20.1 Å². The topological polar surface area (TPSA) is 74.7 Å². The van der Waals surface area contributed by atoms with Crippen molar-refractivity contribution in [2.24, 2.45) is 0 Å². The van der Waals surface area contributed by atoms with Crippen LogP contribution < -0.4 is 15.0 Å². The molecule has 0 amide bonds. The molecule has 0 aliphatic carbocycles. The van der Waals surface area contributed by atoms with E-state index >= 15 is 0 Å². The lowest BCUT2D eigenvalue weighted by Gasteiger charge is -2.40. The molecular weight excluding hydrogens is 360 g/mol. The molecule has 2 aliphatic rings. The summed E-state index contributed by atoms with van der Waals surface area (Å²) in [6.45, 7) is 2.70. The number of hydrogen-bond acceptors (Lipinski definition) is 5. The number of aliphatic carboxylic acids is 1. The first-order chi connectivity index (χ1) is 11.5. The summed E-state index contributed by atoms with van der Waals surface area (Å²) in [6.07, 6.45) is -8.60. The van der Waals surface area contributed by atoms with E-state index in [0.29, 0.717) is 12.4 Å². The van der Waals surface area contributed by atoms with Gasteiger partial charge in [0.1, 0.15) is 6.61 Å². The fraction of sp³-hybridized carbons (Fsp3) is 0.538. The second-order valence-corrected chi connectivity index (χ2v) is 5.21. The number of alkyl halides is 6. The molecule has 3 heterocycles. The first kappa shape index (κ1) is 19.1. The van der Waals surface area contributed by atoms with Crippen molar-refractivity contribution in [1.29, 1.82) is 0 Å². The third kappa shape index (κ3) is 4.65. The summed E-state index contributed by atoms with van der Waals surface area (Å²) >= 11 is 0. The molecule has 0 unspecified atom stereocenters. The predicted octanol–water partition coefficient (Wildman–Crippen LogP) is 1.90. The lowest BCUT2D eigenvalue weighted by atomic mass is 10.1. The highest BCUT2D eigenvalue weighted by atomic mass is 19.4. The molecule has 6 nitrogen and oxygen atoms in total. The normalized spacial score (nSPS) is 19.8. The molecule has 0 bridgehead atoms. The maximum atomic E-state index is 12.6. The lowest BCUT2D eigenvalue weighted by molar-refractivity contribution is -0.192. The second kappa shape index (κ2) is 6.94. The van der Waals surface area contributed by atoms with Gasteiger partial charge in [-0.3, -0.25) is 0 Å². The fourth-order valence-corrected chi connectivity index (χ4v) is 2.29. The highest BCUT2D eigenvalue weighted by molar-refractivity contribution is 5.73. The third-order valence-corrected chi connectivity index (χ3v) is 3.46. The van der Waals surface area contributed by atoms with E-state index in [1.807, 2.05) is 4.90 Å². The molecule has 12 heteroatoms. The summed E-state index contributed by atoms with van der Waals surface area (Å²) in [5.74, 6) is -2.02. The zero-order valence-electron chi connectivity index (χ0n) is 12.5. The Morgan fingerprint density at radius 1 is 1.32 bits per heavy atom. The average molecular weight is 373 g/mol. The van der Waals surface area contributed by atoms with E-state index in [0.717, 1.165) is 31.9 Å². The van der Waals surface area contributed by atoms with Crippen LogP contribution in [0.25, 0.3) is 0 Å². The van der Waals surface area contributed by atoms with Gasteiger partial charge in [-0.05, 0) is 6.07 Å². The number of halogens is 6. The Labute approximate surface area is 137 Å². The molecule has 25 heavy (non-hydrogen) atoms.